The standard InChI is InChI=1S/C15H22ClNO2/c1-17-8-6-13(7-9-17)19-15-5-4-12(3-2-10-18)11-14(15)16/h4-5,11,13,18H,2-3,6-10H2,1H3. The van der Waals surface area contributed by atoms with E-state index in [4.69, 9.17) is 21.4 Å². The maximum Gasteiger partial charge on any atom is 0.138 e. The number of hydrogen-bond donors (Lipinski definition) is 1. The molecule has 1 aliphatic heterocycles. The van der Waals surface area contributed by atoms with Crippen molar-refractivity contribution in [1.82, 2.24) is 4.90 Å². The summed E-state index contributed by atoms with van der Waals surface area (Å²) in [6.45, 7) is 2.37. The summed E-state index contributed by atoms with van der Waals surface area (Å²) < 4.78 is 5.99. The van der Waals surface area contributed by atoms with Gasteiger partial charge in [-0.1, -0.05) is 17.7 Å². The third kappa shape index (κ3) is 4.37. The van der Waals surface area contributed by atoms with E-state index in [2.05, 4.69) is 11.9 Å². The van der Waals surface area contributed by atoms with Crippen molar-refractivity contribution >= 4 is 11.6 Å². The number of aliphatic hydroxyl groups is 1. The Labute approximate surface area is 120 Å². The van der Waals surface area contributed by atoms with Crippen molar-refractivity contribution in [2.45, 2.75) is 31.8 Å². The molecule has 1 fully saturated rings. The molecule has 0 saturated carbocycles. The third-order valence-corrected chi connectivity index (χ3v) is 3.87. The van der Waals surface area contributed by atoms with Gasteiger partial charge < -0.3 is 14.7 Å². The van der Waals surface area contributed by atoms with Crippen molar-refractivity contribution in [2.24, 2.45) is 0 Å². The van der Waals surface area contributed by atoms with Crippen LogP contribution in [0, 0.1) is 0 Å². The van der Waals surface area contributed by atoms with Crippen LogP contribution in [0.3, 0.4) is 0 Å². The van der Waals surface area contributed by atoms with Gasteiger partial charge in [0, 0.05) is 19.7 Å². The molecule has 0 bridgehead atoms. The maximum atomic E-state index is 8.83. The molecule has 1 saturated heterocycles. The van der Waals surface area contributed by atoms with Crippen molar-refractivity contribution in [3.8, 4) is 5.75 Å². The lowest BCUT2D eigenvalue weighted by Gasteiger charge is -2.29. The highest BCUT2D eigenvalue weighted by Gasteiger charge is 2.18. The topological polar surface area (TPSA) is 32.7 Å². The fourth-order valence-electron chi connectivity index (χ4n) is 2.36. The normalized spacial score (nSPS) is 17.6. The summed E-state index contributed by atoms with van der Waals surface area (Å²) in [7, 11) is 2.14. The summed E-state index contributed by atoms with van der Waals surface area (Å²) in [6.07, 6.45) is 4.01. The minimum absolute atomic E-state index is 0.214. The van der Waals surface area contributed by atoms with E-state index in [-0.39, 0.29) is 12.7 Å². The third-order valence-electron chi connectivity index (χ3n) is 3.58. The molecule has 4 heteroatoms. The minimum Gasteiger partial charge on any atom is -0.489 e. The van der Waals surface area contributed by atoms with Crippen LogP contribution in [0.25, 0.3) is 0 Å². The van der Waals surface area contributed by atoms with Gasteiger partial charge in [0.2, 0.25) is 0 Å². The van der Waals surface area contributed by atoms with Gasteiger partial charge >= 0.3 is 0 Å². The van der Waals surface area contributed by atoms with Crippen molar-refractivity contribution in [2.75, 3.05) is 26.7 Å². The van der Waals surface area contributed by atoms with Gasteiger partial charge in [0.05, 0.1) is 5.02 Å². The molecule has 1 aliphatic rings. The van der Waals surface area contributed by atoms with Crippen LogP contribution in [0.1, 0.15) is 24.8 Å². The van der Waals surface area contributed by atoms with E-state index in [0.29, 0.717) is 5.02 Å². The second-order valence-corrected chi connectivity index (χ2v) is 5.62. The fourth-order valence-corrected chi connectivity index (χ4v) is 2.61. The van der Waals surface area contributed by atoms with Crippen LogP contribution in [0.5, 0.6) is 5.75 Å². The van der Waals surface area contributed by atoms with E-state index in [1.807, 2.05) is 18.2 Å². The van der Waals surface area contributed by atoms with E-state index in [0.717, 1.165) is 50.1 Å². The average molecular weight is 284 g/mol. The van der Waals surface area contributed by atoms with Crippen LogP contribution in [0.15, 0.2) is 18.2 Å². The zero-order valence-electron chi connectivity index (χ0n) is 11.4. The number of piperidine rings is 1. The summed E-state index contributed by atoms with van der Waals surface area (Å²) in [5.74, 6) is 0.781. The molecule has 0 aliphatic carbocycles. The van der Waals surface area contributed by atoms with Gasteiger partial charge in [0.15, 0.2) is 0 Å². The Balaban J connectivity index is 1.93. The van der Waals surface area contributed by atoms with Gasteiger partial charge in [-0.2, -0.15) is 0 Å². The van der Waals surface area contributed by atoms with Gasteiger partial charge in [-0.05, 0) is 50.4 Å². The van der Waals surface area contributed by atoms with Crippen molar-refractivity contribution in [3.05, 3.63) is 28.8 Å². The average Bonchev–Trinajstić information content (AvgIpc) is 2.41. The van der Waals surface area contributed by atoms with Crippen LogP contribution in [0.4, 0.5) is 0 Å². The molecular weight excluding hydrogens is 262 g/mol. The minimum atomic E-state index is 0.214. The molecule has 0 atom stereocenters. The zero-order valence-corrected chi connectivity index (χ0v) is 12.2. The second-order valence-electron chi connectivity index (χ2n) is 5.21. The molecule has 1 aromatic rings. The second kappa shape index (κ2) is 7.13. The molecule has 0 spiro atoms. The quantitative estimate of drug-likeness (QED) is 0.902. The number of halogens is 1. The number of hydrogen-bond acceptors (Lipinski definition) is 3. The van der Waals surface area contributed by atoms with E-state index >= 15 is 0 Å². The smallest absolute Gasteiger partial charge is 0.138 e. The summed E-state index contributed by atoms with van der Waals surface area (Å²) >= 11 is 6.26. The number of rotatable bonds is 5. The van der Waals surface area contributed by atoms with Gasteiger partial charge in [-0.15, -0.1) is 0 Å². The molecule has 106 valence electrons. The van der Waals surface area contributed by atoms with Gasteiger partial charge in [-0.3, -0.25) is 0 Å². The monoisotopic (exact) mass is 283 g/mol. The van der Waals surface area contributed by atoms with E-state index < -0.39 is 0 Å². The Bertz CT molecular complexity index is 403. The highest BCUT2D eigenvalue weighted by Crippen LogP contribution is 2.28. The Kier molecular flexibility index (Phi) is 5.49. The van der Waals surface area contributed by atoms with Crippen molar-refractivity contribution < 1.29 is 9.84 Å². The van der Waals surface area contributed by atoms with Crippen LogP contribution in [-0.4, -0.2) is 42.9 Å². The molecule has 0 amide bonds. The lowest BCUT2D eigenvalue weighted by atomic mass is 10.1. The Morgan fingerprint density at radius 2 is 2.11 bits per heavy atom. The van der Waals surface area contributed by atoms with Crippen LogP contribution in [0.2, 0.25) is 5.02 Å². The number of benzene rings is 1. The van der Waals surface area contributed by atoms with Gasteiger partial charge in [-0.25, -0.2) is 0 Å². The van der Waals surface area contributed by atoms with Crippen molar-refractivity contribution in [3.63, 3.8) is 0 Å². The lowest BCUT2D eigenvalue weighted by Crippen LogP contribution is -2.35. The Morgan fingerprint density at radius 3 is 2.74 bits per heavy atom. The largest absolute Gasteiger partial charge is 0.489 e. The summed E-state index contributed by atoms with van der Waals surface area (Å²) in [5, 5.41) is 9.50. The predicted octanol–water partition coefficient (Wildman–Crippen LogP) is 2.74. The highest BCUT2D eigenvalue weighted by atomic mass is 35.5. The number of aryl methyl sites for hydroxylation is 1. The number of nitrogens with zero attached hydrogens (tertiary/aromatic N) is 1. The fraction of sp³-hybridized carbons (Fsp3) is 0.600. The molecule has 1 N–H and O–H groups in total. The molecule has 19 heavy (non-hydrogen) atoms. The molecule has 0 aromatic heterocycles. The lowest BCUT2D eigenvalue weighted by molar-refractivity contribution is 0.114. The van der Waals surface area contributed by atoms with E-state index in [1.54, 1.807) is 0 Å². The Morgan fingerprint density at radius 1 is 1.37 bits per heavy atom. The predicted molar refractivity (Wildman–Crippen MR) is 78.0 cm³/mol. The molecule has 0 unspecified atom stereocenters. The molecule has 2 rings (SSSR count). The Hall–Kier alpha value is -0.770. The molecule has 1 aromatic carbocycles. The first kappa shape index (κ1) is 14.6. The first-order chi connectivity index (χ1) is 9.19. The molecule has 0 radical (unpaired) electrons. The number of likely N-dealkylation sites (tertiary alicyclic amines) is 1. The van der Waals surface area contributed by atoms with Crippen LogP contribution in [-0.2, 0) is 6.42 Å². The van der Waals surface area contributed by atoms with Crippen molar-refractivity contribution in [1.29, 1.82) is 0 Å². The number of aliphatic hydroxyl groups excluding tert-OH is 1. The van der Waals surface area contributed by atoms with E-state index in [9.17, 15) is 0 Å². The summed E-state index contributed by atoms with van der Waals surface area (Å²) in [5.41, 5.74) is 1.15. The maximum absolute atomic E-state index is 8.83. The van der Waals surface area contributed by atoms with Crippen LogP contribution < -0.4 is 4.74 Å². The van der Waals surface area contributed by atoms with Gasteiger partial charge in [0.1, 0.15) is 11.9 Å². The molecule has 3 nitrogen and oxygen atoms in total. The van der Waals surface area contributed by atoms with E-state index in [1.165, 1.54) is 0 Å². The SMILES string of the molecule is CN1CCC(Oc2ccc(CCCO)cc2Cl)CC1. The van der Waals surface area contributed by atoms with Crippen LogP contribution >= 0.6 is 11.6 Å². The highest BCUT2D eigenvalue weighted by molar-refractivity contribution is 6.32. The zero-order chi connectivity index (χ0) is 13.7. The molecular formula is C15H22ClNO2. The summed E-state index contributed by atoms with van der Waals surface area (Å²) in [6, 6.07) is 5.93. The molecule has 1 heterocycles. The number of ether oxygens (including phenoxy) is 1. The first-order valence-electron chi connectivity index (χ1n) is 6.93. The van der Waals surface area contributed by atoms with Gasteiger partial charge in [0.25, 0.3) is 0 Å². The first-order valence-corrected chi connectivity index (χ1v) is 7.31. The summed E-state index contributed by atoms with van der Waals surface area (Å²) in [4.78, 5) is 2.32.